The van der Waals surface area contributed by atoms with E-state index in [-0.39, 0.29) is 5.56 Å². The number of anilines is 1. The topological polar surface area (TPSA) is 21.3 Å². The molecule has 0 amide bonds. The van der Waals surface area contributed by atoms with Crippen molar-refractivity contribution in [2.75, 3.05) is 25.6 Å². The quantitative estimate of drug-likeness (QED) is 0.830. The number of hydrogen-bond acceptors (Lipinski definition) is 2. The number of ether oxygens (including phenoxy) is 1. The second-order valence-corrected chi connectivity index (χ2v) is 4.82. The molecule has 0 heterocycles. The number of nitrogens with one attached hydrogen (secondary N) is 1. The van der Waals surface area contributed by atoms with Gasteiger partial charge in [0, 0.05) is 18.4 Å². The first-order valence-electron chi connectivity index (χ1n) is 6.87. The van der Waals surface area contributed by atoms with Gasteiger partial charge in [0.1, 0.15) is 0 Å². The molecule has 0 bridgehead atoms. The second kappa shape index (κ2) is 7.18. The second-order valence-electron chi connectivity index (χ2n) is 4.82. The van der Waals surface area contributed by atoms with Gasteiger partial charge >= 0.3 is 0 Å². The SMILES string of the molecule is COCCc1ccccc1NCC(F)(F)c1ccccc1. The maximum Gasteiger partial charge on any atom is 0.290 e. The highest BCUT2D eigenvalue weighted by Crippen LogP contribution is 2.28. The van der Waals surface area contributed by atoms with Gasteiger partial charge < -0.3 is 10.1 Å². The number of methoxy groups -OCH3 is 1. The third-order valence-electron chi connectivity index (χ3n) is 3.29. The van der Waals surface area contributed by atoms with Crippen LogP contribution in [0.25, 0.3) is 0 Å². The van der Waals surface area contributed by atoms with Crippen LogP contribution in [0.15, 0.2) is 54.6 Å². The van der Waals surface area contributed by atoms with Gasteiger partial charge in [0.05, 0.1) is 13.2 Å². The molecule has 112 valence electrons. The van der Waals surface area contributed by atoms with Gasteiger partial charge in [-0.2, -0.15) is 8.78 Å². The summed E-state index contributed by atoms with van der Waals surface area (Å²) >= 11 is 0. The number of halogens is 2. The fourth-order valence-corrected chi connectivity index (χ4v) is 2.11. The van der Waals surface area contributed by atoms with Gasteiger partial charge in [-0.15, -0.1) is 0 Å². The summed E-state index contributed by atoms with van der Waals surface area (Å²) in [6.07, 6.45) is 0.691. The standard InChI is InChI=1S/C17H19F2NO/c1-21-12-11-14-7-5-6-10-16(14)20-13-17(18,19)15-8-3-2-4-9-15/h2-10,20H,11-13H2,1H3. The van der Waals surface area contributed by atoms with Crippen molar-refractivity contribution >= 4 is 5.69 Å². The zero-order chi connectivity index (χ0) is 15.1. The lowest BCUT2D eigenvalue weighted by atomic mass is 10.1. The highest BCUT2D eigenvalue weighted by atomic mass is 19.3. The molecule has 0 unspecified atom stereocenters. The van der Waals surface area contributed by atoms with E-state index in [1.54, 1.807) is 25.3 Å². The number of hydrogen-bond donors (Lipinski definition) is 1. The third kappa shape index (κ3) is 4.26. The molecule has 2 rings (SSSR count). The lowest BCUT2D eigenvalue weighted by Crippen LogP contribution is -2.25. The summed E-state index contributed by atoms with van der Waals surface area (Å²) in [5, 5.41) is 2.86. The van der Waals surface area contributed by atoms with E-state index in [1.165, 1.54) is 12.1 Å². The molecule has 0 radical (unpaired) electrons. The molecular formula is C17H19F2NO. The van der Waals surface area contributed by atoms with Gasteiger partial charge in [-0.05, 0) is 18.1 Å². The van der Waals surface area contributed by atoms with Crippen molar-refractivity contribution in [3.63, 3.8) is 0 Å². The van der Waals surface area contributed by atoms with Gasteiger partial charge in [0.15, 0.2) is 0 Å². The van der Waals surface area contributed by atoms with Crippen molar-refractivity contribution < 1.29 is 13.5 Å². The van der Waals surface area contributed by atoms with Gasteiger partial charge in [0.2, 0.25) is 0 Å². The molecule has 4 heteroatoms. The van der Waals surface area contributed by atoms with Gasteiger partial charge in [-0.3, -0.25) is 0 Å². The Morgan fingerprint density at radius 1 is 1.00 bits per heavy atom. The van der Waals surface area contributed by atoms with Crippen molar-refractivity contribution in [3.8, 4) is 0 Å². The summed E-state index contributed by atoms with van der Waals surface area (Å²) in [6, 6.07) is 15.3. The van der Waals surface area contributed by atoms with Crippen LogP contribution in [-0.2, 0) is 17.1 Å². The normalized spacial score (nSPS) is 11.4. The molecule has 0 spiro atoms. The predicted octanol–water partition coefficient (Wildman–Crippen LogP) is 4.08. The van der Waals surface area contributed by atoms with Crippen LogP contribution in [0.2, 0.25) is 0 Å². The number of rotatable bonds is 7. The number of alkyl halides is 2. The lowest BCUT2D eigenvalue weighted by molar-refractivity contribution is 0.0106. The molecule has 0 aromatic heterocycles. The van der Waals surface area contributed by atoms with Crippen molar-refractivity contribution in [3.05, 3.63) is 65.7 Å². The zero-order valence-corrected chi connectivity index (χ0v) is 12.0. The van der Waals surface area contributed by atoms with Crippen molar-refractivity contribution in [2.45, 2.75) is 12.3 Å². The van der Waals surface area contributed by atoms with E-state index in [9.17, 15) is 8.78 Å². The van der Waals surface area contributed by atoms with Crippen molar-refractivity contribution in [1.29, 1.82) is 0 Å². The molecule has 21 heavy (non-hydrogen) atoms. The van der Waals surface area contributed by atoms with Gasteiger partial charge in [0.25, 0.3) is 5.92 Å². The Balaban J connectivity index is 2.06. The summed E-state index contributed by atoms with van der Waals surface area (Å²) in [6.45, 7) is 0.134. The first-order valence-corrected chi connectivity index (χ1v) is 6.87. The molecule has 0 fully saturated rings. The van der Waals surface area contributed by atoms with E-state index in [0.717, 1.165) is 11.3 Å². The first kappa shape index (κ1) is 15.4. The van der Waals surface area contributed by atoms with Crippen LogP contribution in [0.5, 0.6) is 0 Å². The fraction of sp³-hybridized carbons (Fsp3) is 0.294. The Labute approximate surface area is 123 Å². The molecule has 2 aromatic rings. The lowest BCUT2D eigenvalue weighted by Gasteiger charge is -2.19. The van der Waals surface area contributed by atoms with Crippen LogP contribution >= 0.6 is 0 Å². The summed E-state index contributed by atoms with van der Waals surface area (Å²) < 4.78 is 33.3. The highest BCUT2D eigenvalue weighted by Gasteiger charge is 2.31. The maximum absolute atomic E-state index is 14.1. The van der Waals surface area contributed by atoms with Crippen LogP contribution in [0.3, 0.4) is 0 Å². The van der Waals surface area contributed by atoms with E-state index in [4.69, 9.17) is 4.74 Å². The Hall–Kier alpha value is -1.94. The number of benzene rings is 2. The largest absolute Gasteiger partial charge is 0.384 e. The molecule has 0 atom stereocenters. The fourth-order valence-electron chi connectivity index (χ4n) is 2.11. The molecule has 0 aliphatic heterocycles. The summed E-state index contributed by atoms with van der Waals surface area (Å²) in [5.41, 5.74) is 1.72. The monoisotopic (exact) mass is 291 g/mol. The molecule has 0 aliphatic carbocycles. The highest BCUT2D eigenvalue weighted by molar-refractivity contribution is 5.51. The van der Waals surface area contributed by atoms with E-state index >= 15 is 0 Å². The van der Waals surface area contributed by atoms with Crippen molar-refractivity contribution in [2.24, 2.45) is 0 Å². The zero-order valence-electron chi connectivity index (χ0n) is 12.0. The van der Waals surface area contributed by atoms with E-state index in [1.807, 2.05) is 24.3 Å². The summed E-state index contributed by atoms with van der Waals surface area (Å²) in [5.74, 6) is -2.91. The third-order valence-corrected chi connectivity index (χ3v) is 3.29. The van der Waals surface area contributed by atoms with E-state index in [0.29, 0.717) is 13.0 Å². The molecule has 0 saturated heterocycles. The van der Waals surface area contributed by atoms with Gasteiger partial charge in [-0.25, -0.2) is 0 Å². The van der Waals surface area contributed by atoms with E-state index in [2.05, 4.69) is 5.32 Å². The summed E-state index contributed by atoms with van der Waals surface area (Å²) in [4.78, 5) is 0. The Bertz CT molecular complexity index is 558. The Kier molecular flexibility index (Phi) is 5.28. The average Bonchev–Trinajstić information content (AvgIpc) is 2.52. The maximum atomic E-state index is 14.1. The van der Waals surface area contributed by atoms with Crippen LogP contribution < -0.4 is 5.32 Å². The minimum atomic E-state index is -2.91. The average molecular weight is 291 g/mol. The molecule has 0 aliphatic rings. The molecule has 2 aromatic carbocycles. The van der Waals surface area contributed by atoms with Crippen LogP contribution in [0, 0.1) is 0 Å². The predicted molar refractivity (Wildman–Crippen MR) is 80.8 cm³/mol. The van der Waals surface area contributed by atoms with Crippen LogP contribution in [0.1, 0.15) is 11.1 Å². The first-order chi connectivity index (χ1) is 10.1. The smallest absolute Gasteiger partial charge is 0.290 e. The Morgan fingerprint density at radius 2 is 1.67 bits per heavy atom. The van der Waals surface area contributed by atoms with Crippen molar-refractivity contribution in [1.82, 2.24) is 0 Å². The van der Waals surface area contributed by atoms with E-state index < -0.39 is 12.5 Å². The minimum absolute atomic E-state index is 0.0203. The molecule has 1 N–H and O–H groups in total. The van der Waals surface area contributed by atoms with Gasteiger partial charge in [-0.1, -0.05) is 48.5 Å². The van der Waals surface area contributed by atoms with Crippen LogP contribution in [0.4, 0.5) is 14.5 Å². The molecule has 0 saturated carbocycles. The van der Waals surface area contributed by atoms with Crippen LogP contribution in [-0.4, -0.2) is 20.3 Å². The molecule has 2 nitrogen and oxygen atoms in total. The minimum Gasteiger partial charge on any atom is -0.384 e. The Morgan fingerprint density at radius 3 is 2.38 bits per heavy atom. The molecular weight excluding hydrogens is 272 g/mol. The number of para-hydroxylation sites is 1. The summed E-state index contributed by atoms with van der Waals surface area (Å²) in [7, 11) is 1.62.